The van der Waals surface area contributed by atoms with E-state index >= 15 is 0 Å². The zero-order valence-corrected chi connectivity index (χ0v) is 10.5. The Morgan fingerprint density at radius 1 is 0.947 bits per heavy atom. The van der Waals surface area contributed by atoms with E-state index in [9.17, 15) is 4.39 Å². The molecule has 94 valence electrons. The van der Waals surface area contributed by atoms with Gasteiger partial charge in [0.05, 0.1) is 11.4 Å². The predicted octanol–water partition coefficient (Wildman–Crippen LogP) is 4.19. The van der Waals surface area contributed by atoms with Gasteiger partial charge < -0.3 is 0 Å². The van der Waals surface area contributed by atoms with Crippen molar-refractivity contribution in [2.45, 2.75) is 6.92 Å². The van der Waals surface area contributed by atoms with E-state index in [-0.39, 0.29) is 5.82 Å². The lowest BCUT2D eigenvalue weighted by atomic mass is 10.1. The smallest absolute Gasteiger partial charge is 0.126 e. The summed E-state index contributed by atoms with van der Waals surface area (Å²) in [6.07, 6.45) is 0. The van der Waals surface area contributed by atoms with Crippen LogP contribution in [0.2, 0.25) is 0 Å². The van der Waals surface area contributed by atoms with E-state index < -0.39 is 0 Å². The van der Waals surface area contributed by atoms with Crippen LogP contribution < -0.4 is 0 Å². The average Bonchev–Trinajstić information content (AvgIpc) is 2.93. The summed E-state index contributed by atoms with van der Waals surface area (Å²) in [5, 5.41) is 7.30. The summed E-state index contributed by atoms with van der Waals surface area (Å²) in [6, 6.07) is 17.0. The second-order valence-electron chi connectivity index (χ2n) is 4.50. The highest BCUT2D eigenvalue weighted by molar-refractivity contribution is 5.68. The largest absolute Gasteiger partial charge is 0.277 e. The molecule has 3 heteroatoms. The van der Waals surface area contributed by atoms with Gasteiger partial charge in [0.25, 0.3) is 0 Å². The Bertz CT molecular complexity index is 702. The van der Waals surface area contributed by atoms with Crippen LogP contribution in [-0.4, -0.2) is 10.2 Å². The SMILES string of the molecule is Cc1cc(-c2cc(-c3ccccc3)[nH]n2)ccc1F. The van der Waals surface area contributed by atoms with Crippen LogP contribution in [-0.2, 0) is 0 Å². The summed E-state index contributed by atoms with van der Waals surface area (Å²) in [6.45, 7) is 1.75. The monoisotopic (exact) mass is 252 g/mol. The molecule has 1 N–H and O–H groups in total. The Balaban J connectivity index is 1.99. The van der Waals surface area contributed by atoms with E-state index in [4.69, 9.17) is 0 Å². The van der Waals surface area contributed by atoms with Gasteiger partial charge >= 0.3 is 0 Å². The average molecular weight is 252 g/mol. The van der Waals surface area contributed by atoms with Gasteiger partial charge in [0.2, 0.25) is 0 Å². The fourth-order valence-electron chi connectivity index (χ4n) is 2.04. The zero-order valence-electron chi connectivity index (χ0n) is 10.5. The third-order valence-electron chi connectivity index (χ3n) is 3.12. The van der Waals surface area contributed by atoms with Crippen molar-refractivity contribution in [1.29, 1.82) is 0 Å². The third kappa shape index (κ3) is 2.27. The minimum atomic E-state index is -0.192. The van der Waals surface area contributed by atoms with Crippen molar-refractivity contribution >= 4 is 0 Å². The van der Waals surface area contributed by atoms with Gasteiger partial charge in [-0.05, 0) is 42.3 Å². The summed E-state index contributed by atoms with van der Waals surface area (Å²) >= 11 is 0. The number of H-pyrrole nitrogens is 1. The minimum absolute atomic E-state index is 0.192. The number of aromatic amines is 1. The van der Waals surface area contributed by atoms with E-state index in [0.29, 0.717) is 5.56 Å². The minimum Gasteiger partial charge on any atom is -0.277 e. The molecule has 0 aliphatic rings. The van der Waals surface area contributed by atoms with Gasteiger partial charge in [-0.3, -0.25) is 5.10 Å². The van der Waals surface area contributed by atoms with E-state index in [1.54, 1.807) is 19.1 Å². The first-order valence-electron chi connectivity index (χ1n) is 6.11. The van der Waals surface area contributed by atoms with Gasteiger partial charge in [-0.2, -0.15) is 5.10 Å². The second-order valence-corrected chi connectivity index (χ2v) is 4.50. The molecule has 0 fully saturated rings. The maximum atomic E-state index is 13.3. The van der Waals surface area contributed by atoms with Gasteiger partial charge in [0.15, 0.2) is 0 Å². The molecule has 2 aromatic carbocycles. The number of nitrogens with zero attached hydrogens (tertiary/aromatic N) is 1. The molecule has 3 rings (SSSR count). The van der Waals surface area contributed by atoms with Gasteiger partial charge in [0.1, 0.15) is 5.82 Å². The van der Waals surface area contributed by atoms with Crippen molar-refractivity contribution in [2.24, 2.45) is 0 Å². The highest BCUT2D eigenvalue weighted by atomic mass is 19.1. The molecular weight excluding hydrogens is 239 g/mol. The maximum Gasteiger partial charge on any atom is 0.126 e. The van der Waals surface area contributed by atoms with E-state index in [1.807, 2.05) is 36.4 Å². The highest BCUT2D eigenvalue weighted by Gasteiger charge is 2.07. The molecule has 0 saturated carbocycles. The number of halogens is 1. The second kappa shape index (κ2) is 4.69. The van der Waals surface area contributed by atoms with Gasteiger partial charge in [-0.25, -0.2) is 4.39 Å². The number of aryl methyl sites for hydroxylation is 1. The van der Waals surface area contributed by atoms with Crippen LogP contribution in [0, 0.1) is 12.7 Å². The summed E-state index contributed by atoms with van der Waals surface area (Å²) in [7, 11) is 0. The first kappa shape index (κ1) is 11.7. The number of aromatic nitrogens is 2. The molecule has 0 atom stereocenters. The Kier molecular flexibility index (Phi) is 2.88. The molecule has 3 aromatic rings. The van der Waals surface area contributed by atoms with Crippen molar-refractivity contribution in [1.82, 2.24) is 10.2 Å². The Hall–Kier alpha value is -2.42. The number of benzene rings is 2. The van der Waals surface area contributed by atoms with Crippen LogP contribution in [0.25, 0.3) is 22.5 Å². The van der Waals surface area contributed by atoms with Crippen LogP contribution in [0.15, 0.2) is 54.6 Å². The third-order valence-corrected chi connectivity index (χ3v) is 3.12. The number of hydrogen-bond donors (Lipinski definition) is 1. The van der Waals surface area contributed by atoms with Crippen molar-refractivity contribution in [2.75, 3.05) is 0 Å². The first-order valence-corrected chi connectivity index (χ1v) is 6.11. The zero-order chi connectivity index (χ0) is 13.2. The quantitative estimate of drug-likeness (QED) is 0.727. The lowest BCUT2D eigenvalue weighted by Gasteiger charge is -1.99. The molecule has 1 heterocycles. The molecule has 0 radical (unpaired) electrons. The predicted molar refractivity (Wildman–Crippen MR) is 74.2 cm³/mol. The summed E-state index contributed by atoms with van der Waals surface area (Å²) in [5.74, 6) is -0.192. The molecule has 0 spiro atoms. The van der Waals surface area contributed by atoms with Crippen LogP contribution >= 0.6 is 0 Å². The lowest BCUT2D eigenvalue weighted by molar-refractivity contribution is 0.619. The molecule has 0 aliphatic carbocycles. The molecular formula is C16H13FN2. The van der Waals surface area contributed by atoms with Gasteiger partial charge in [0, 0.05) is 5.56 Å². The maximum absolute atomic E-state index is 13.3. The molecule has 0 bridgehead atoms. The molecule has 0 aliphatic heterocycles. The van der Waals surface area contributed by atoms with Crippen molar-refractivity contribution < 1.29 is 4.39 Å². The standard InChI is InChI=1S/C16H13FN2/c1-11-9-13(7-8-14(11)17)16-10-15(18-19-16)12-5-3-2-4-6-12/h2-10H,1H3,(H,18,19). The molecule has 0 amide bonds. The van der Waals surface area contributed by atoms with E-state index in [2.05, 4.69) is 10.2 Å². The van der Waals surface area contributed by atoms with Crippen molar-refractivity contribution in [3.05, 3.63) is 66.0 Å². The molecule has 19 heavy (non-hydrogen) atoms. The Labute approximate surface area is 110 Å². The molecule has 2 nitrogen and oxygen atoms in total. The summed E-state index contributed by atoms with van der Waals surface area (Å²) < 4.78 is 13.3. The number of rotatable bonds is 2. The lowest BCUT2D eigenvalue weighted by Crippen LogP contribution is -1.84. The van der Waals surface area contributed by atoms with Gasteiger partial charge in [-0.15, -0.1) is 0 Å². The first-order chi connectivity index (χ1) is 9.24. The van der Waals surface area contributed by atoms with Gasteiger partial charge in [-0.1, -0.05) is 30.3 Å². The van der Waals surface area contributed by atoms with E-state index in [1.165, 1.54) is 6.07 Å². The van der Waals surface area contributed by atoms with Crippen LogP contribution in [0.1, 0.15) is 5.56 Å². The van der Waals surface area contributed by atoms with Crippen LogP contribution in [0.3, 0.4) is 0 Å². The number of hydrogen-bond acceptors (Lipinski definition) is 1. The molecule has 0 saturated heterocycles. The topological polar surface area (TPSA) is 28.7 Å². The Morgan fingerprint density at radius 2 is 1.74 bits per heavy atom. The summed E-state index contributed by atoms with van der Waals surface area (Å²) in [5.41, 5.74) is 4.40. The number of nitrogens with one attached hydrogen (secondary N) is 1. The van der Waals surface area contributed by atoms with Crippen molar-refractivity contribution in [3.63, 3.8) is 0 Å². The Morgan fingerprint density at radius 3 is 2.47 bits per heavy atom. The normalized spacial score (nSPS) is 10.6. The van der Waals surface area contributed by atoms with Crippen LogP contribution in [0.4, 0.5) is 4.39 Å². The fraction of sp³-hybridized carbons (Fsp3) is 0.0625. The van der Waals surface area contributed by atoms with E-state index in [0.717, 1.165) is 22.5 Å². The van der Waals surface area contributed by atoms with Crippen molar-refractivity contribution in [3.8, 4) is 22.5 Å². The molecule has 0 unspecified atom stereocenters. The summed E-state index contributed by atoms with van der Waals surface area (Å²) in [4.78, 5) is 0. The highest BCUT2D eigenvalue weighted by Crippen LogP contribution is 2.24. The fourth-order valence-corrected chi connectivity index (χ4v) is 2.04. The molecule has 1 aromatic heterocycles. The van der Waals surface area contributed by atoms with Crippen LogP contribution in [0.5, 0.6) is 0 Å².